The number of hydrogen-bond donors (Lipinski definition) is 3. The number of ether oxygens (including phenoxy) is 3. The van der Waals surface area contributed by atoms with E-state index in [1.807, 2.05) is 0 Å². The molecule has 2 aliphatic rings. The third kappa shape index (κ3) is 3.12. The van der Waals surface area contributed by atoms with Gasteiger partial charge in [-0.15, -0.1) is 0 Å². The average Bonchev–Trinajstić information content (AvgIpc) is 3.03. The fourth-order valence-electron chi connectivity index (χ4n) is 3.48. The van der Waals surface area contributed by atoms with E-state index in [2.05, 4.69) is 0 Å². The van der Waals surface area contributed by atoms with Gasteiger partial charge in [0, 0.05) is 17.9 Å². The van der Waals surface area contributed by atoms with Crippen LogP contribution in [0.25, 0.3) is 0 Å². The zero-order valence-electron chi connectivity index (χ0n) is 13.5. The molecule has 0 amide bonds. The van der Waals surface area contributed by atoms with Gasteiger partial charge in [-0.25, -0.2) is 4.79 Å². The van der Waals surface area contributed by atoms with E-state index in [1.54, 1.807) is 0 Å². The van der Waals surface area contributed by atoms with Gasteiger partial charge in [-0.1, -0.05) is 0 Å². The zero-order valence-corrected chi connectivity index (χ0v) is 13.5. The summed E-state index contributed by atoms with van der Waals surface area (Å²) in [5.41, 5.74) is 5.91. The number of phenolic OH excluding ortho intramolecular Hbond substituents is 1. The minimum absolute atomic E-state index is 0.128. The van der Waals surface area contributed by atoms with Crippen molar-refractivity contribution in [3.8, 4) is 11.5 Å². The van der Waals surface area contributed by atoms with Crippen LogP contribution in [0.15, 0.2) is 30.0 Å². The molecule has 0 saturated heterocycles. The highest BCUT2D eigenvalue weighted by atomic mass is 16.6. The van der Waals surface area contributed by atoms with Gasteiger partial charge in [0.05, 0.1) is 30.6 Å². The summed E-state index contributed by atoms with van der Waals surface area (Å²) in [5, 5.41) is 19.7. The number of phenols is 1. The van der Waals surface area contributed by atoms with Crippen molar-refractivity contribution in [2.75, 3.05) is 12.8 Å². The quantitative estimate of drug-likeness (QED) is 0.318. The van der Waals surface area contributed by atoms with Crippen molar-refractivity contribution in [2.45, 2.75) is 19.1 Å². The molecule has 1 aromatic carbocycles. The molecular formula is C17H19NO7. The number of aliphatic hydroxyl groups excluding tert-OH is 1. The van der Waals surface area contributed by atoms with Crippen molar-refractivity contribution in [3.05, 3.63) is 30.0 Å². The second-order valence-electron chi connectivity index (χ2n) is 6.10. The van der Waals surface area contributed by atoms with E-state index in [1.165, 1.54) is 31.6 Å². The lowest BCUT2D eigenvalue weighted by molar-refractivity contribution is -0.162. The maximum Gasteiger partial charge on any atom is 0.342 e. The van der Waals surface area contributed by atoms with E-state index in [9.17, 15) is 19.8 Å². The number of methoxy groups -OCH3 is 1. The second-order valence-corrected chi connectivity index (χ2v) is 6.10. The number of nitrogens with two attached hydrogens (primary N) is 1. The van der Waals surface area contributed by atoms with E-state index in [-0.39, 0.29) is 28.7 Å². The molecule has 1 aliphatic carbocycles. The Morgan fingerprint density at radius 3 is 2.76 bits per heavy atom. The molecule has 0 bridgehead atoms. The van der Waals surface area contributed by atoms with Gasteiger partial charge in [-0.2, -0.15) is 0 Å². The Labute approximate surface area is 143 Å². The maximum atomic E-state index is 12.5. The molecule has 1 aliphatic heterocycles. The molecule has 4 N–H and O–H groups in total. The van der Waals surface area contributed by atoms with E-state index < -0.39 is 30.1 Å². The van der Waals surface area contributed by atoms with E-state index in [4.69, 9.17) is 19.9 Å². The van der Waals surface area contributed by atoms with Gasteiger partial charge in [-0.3, -0.25) is 4.79 Å². The van der Waals surface area contributed by atoms with Gasteiger partial charge >= 0.3 is 11.9 Å². The summed E-state index contributed by atoms with van der Waals surface area (Å²) < 4.78 is 15.2. The van der Waals surface area contributed by atoms with Crippen LogP contribution in [0.2, 0.25) is 0 Å². The Morgan fingerprint density at radius 1 is 1.32 bits per heavy atom. The molecular weight excluding hydrogens is 330 g/mol. The van der Waals surface area contributed by atoms with Crippen LogP contribution in [0, 0.1) is 17.8 Å². The third-order valence-corrected chi connectivity index (χ3v) is 4.73. The van der Waals surface area contributed by atoms with Crippen LogP contribution in [0.4, 0.5) is 5.69 Å². The number of aliphatic hydroxyl groups is 1. The van der Waals surface area contributed by atoms with Crippen molar-refractivity contribution in [3.63, 3.8) is 0 Å². The van der Waals surface area contributed by atoms with Crippen LogP contribution in [0.3, 0.4) is 0 Å². The Balaban J connectivity index is 1.79. The number of aromatic hydroxyl groups is 1. The van der Waals surface area contributed by atoms with Gasteiger partial charge < -0.3 is 30.2 Å². The highest BCUT2D eigenvalue weighted by Crippen LogP contribution is 2.46. The minimum Gasteiger partial charge on any atom is -0.506 e. The Bertz CT molecular complexity index is 730. The van der Waals surface area contributed by atoms with E-state index in [0.717, 1.165) is 0 Å². The topological polar surface area (TPSA) is 128 Å². The van der Waals surface area contributed by atoms with Gasteiger partial charge in [0.15, 0.2) is 0 Å². The number of anilines is 1. The van der Waals surface area contributed by atoms with Crippen molar-refractivity contribution in [1.29, 1.82) is 0 Å². The SMILES string of the molecule is COC(=O)C1CCC2C(C(=O)Oc3ccc(N)c(O)c3)=COC(O)C12. The van der Waals surface area contributed by atoms with Crippen LogP contribution in [0.5, 0.6) is 11.5 Å². The lowest BCUT2D eigenvalue weighted by Crippen LogP contribution is -2.39. The van der Waals surface area contributed by atoms with Gasteiger partial charge in [-0.05, 0) is 25.0 Å². The highest BCUT2D eigenvalue weighted by Gasteiger charge is 2.50. The molecule has 8 nitrogen and oxygen atoms in total. The van der Waals surface area contributed by atoms with E-state index in [0.29, 0.717) is 12.8 Å². The first-order valence-electron chi connectivity index (χ1n) is 7.84. The number of fused-ring (bicyclic) bond motifs is 1. The first-order chi connectivity index (χ1) is 11.9. The van der Waals surface area contributed by atoms with Crippen molar-refractivity contribution >= 4 is 17.6 Å². The standard InChI is InChI=1S/C17H19NO7/c1-23-15(20)10-4-3-9-11(7-24-17(22)14(9)10)16(21)25-8-2-5-12(18)13(19)6-8/h2,5-7,9-10,14,17,19,22H,3-4,18H2,1H3. The summed E-state index contributed by atoms with van der Waals surface area (Å²) in [6.07, 6.45) is 0.994. The monoisotopic (exact) mass is 349 g/mol. The molecule has 0 spiro atoms. The summed E-state index contributed by atoms with van der Waals surface area (Å²) >= 11 is 0. The number of nitrogen functional groups attached to an aromatic ring is 1. The molecule has 0 radical (unpaired) electrons. The highest BCUT2D eigenvalue weighted by molar-refractivity contribution is 5.91. The van der Waals surface area contributed by atoms with Crippen LogP contribution in [-0.2, 0) is 19.1 Å². The lowest BCUT2D eigenvalue weighted by atomic mass is 9.83. The molecule has 1 aromatic rings. The number of rotatable bonds is 3. The molecule has 3 rings (SSSR count). The predicted octanol–water partition coefficient (Wildman–Crippen LogP) is 0.928. The number of benzene rings is 1. The van der Waals surface area contributed by atoms with Crippen LogP contribution in [0.1, 0.15) is 12.8 Å². The molecule has 4 atom stereocenters. The summed E-state index contributed by atoms with van der Waals surface area (Å²) in [5.74, 6) is -2.66. The van der Waals surface area contributed by atoms with Crippen LogP contribution < -0.4 is 10.5 Å². The normalized spacial score (nSPS) is 27.7. The van der Waals surface area contributed by atoms with Gasteiger partial charge in [0.1, 0.15) is 11.5 Å². The summed E-state index contributed by atoms with van der Waals surface area (Å²) in [6, 6.07) is 4.10. The molecule has 134 valence electrons. The number of hydrogen-bond acceptors (Lipinski definition) is 8. The Morgan fingerprint density at radius 2 is 2.08 bits per heavy atom. The van der Waals surface area contributed by atoms with Crippen LogP contribution >= 0.6 is 0 Å². The largest absolute Gasteiger partial charge is 0.506 e. The lowest BCUT2D eigenvalue weighted by Gasteiger charge is -2.32. The smallest absolute Gasteiger partial charge is 0.342 e. The third-order valence-electron chi connectivity index (χ3n) is 4.73. The number of carbonyl (C=O) groups excluding carboxylic acids is 2. The first-order valence-corrected chi connectivity index (χ1v) is 7.84. The summed E-state index contributed by atoms with van der Waals surface area (Å²) in [7, 11) is 1.28. The van der Waals surface area contributed by atoms with E-state index >= 15 is 0 Å². The van der Waals surface area contributed by atoms with Crippen molar-refractivity contribution in [2.24, 2.45) is 17.8 Å². The molecule has 1 heterocycles. The summed E-state index contributed by atoms with van der Waals surface area (Å²) in [6.45, 7) is 0. The maximum absolute atomic E-state index is 12.5. The average molecular weight is 349 g/mol. The fourth-order valence-corrected chi connectivity index (χ4v) is 3.48. The number of carbonyl (C=O) groups is 2. The van der Waals surface area contributed by atoms with Crippen molar-refractivity contribution < 1.29 is 34.0 Å². The van der Waals surface area contributed by atoms with Gasteiger partial charge in [0.25, 0.3) is 0 Å². The second kappa shape index (κ2) is 6.64. The molecule has 1 saturated carbocycles. The molecule has 1 fully saturated rings. The minimum atomic E-state index is -1.19. The Kier molecular flexibility index (Phi) is 4.54. The number of esters is 2. The fraction of sp³-hybridized carbons (Fsp3) is 0.412. The van der Waals surface area contributed by atoms with Crippen molar-refractivity contribution in [1.82, 2.24) is 0 Å². The molecule has 0 aromatic heterocycles. The first kappa shape index (κ1) is 17.1. The van der Waals surface area contributed by atoms with Gasteiger partial charge in [0.2, 0.25) is 6.29 Å². The Hall–Kier alpha value is -2.74. The molecule has 25 heavy (non-hydrogen) atoms. The molecule has 4 unspecified atom stereocenters. The predicted molar refractivity (Wildman–Crippen MR) is 85.0 cm³/mol. The zero-order chi connectivity index (χ0) is 18.1. The molecule has 8 heteroatoms. The van der Waals surface area contributed by atoms with Crippen LogP contribution in [-0.4, -0.2) is 35.6 Å². The summed E-state index contributed by atoms with van der Waals surface area (Å²) in [4.78, 5) is 24.4.